The third-order valence-corrected chi connectivity index (χ3v) is 6.31. The highest BCUT2D eigenvalue weighted by atomic mass is 16.5. The van der Waals surface area contributed by atoms with Gasteiger partial charge in [-0.2, -0.15) is 0 Å². The topological polar surface area (TPSA) is 130 Å². The van der Waals surface area contributed by atoms with Gasteiger partial charge in [0.15, 0.2) is 0 Å². The van der Waals surface area contributed by atoms with E-state index in [1.54, 1.807) is 36.7 Å². The zero-order valence-electron chi connectivity index (χ0n) is 20.8. The molecule has 0 spiro atoms. The van der Waals surface area contributed by atoms with Crippen molar-refractivity contribution in [2.45, 2.75) is 26.5 Å². The number of carbonyl (C=O) groups is 3. The molecule has 10 heteroatoms. The monoisotopic (exact) mass is 506 g/mol. The van der Waals surface area contributed by atoms with E-state index in [4.69, 9.17) is 14.7 Å². The van der Waals surface area contributed by atoms with Gasteiger partial charge in [0.05, 0.1) is 17.5 Å². The highest BCUT2D eigenvalue weighted by Crippen LogP contribution is 2.22. The van der Waals surface area contributed by atoms with E-state index in [1.807, 2.05) is 37.3 Å². The van der Waals surface area contributed by atoms with Crippen LogP contribution < -0.4 is 15.5 Å². The van der Waals surface area contributed by atoms with Crippen LogP contribution >= 0.6 is 0 Å². The summed E-state index contributed by atoms with van der Waals surface area (Å²) in [5, 5.41) is 12.9. The van der Waals surface area contributed by atoms with Crippen molar-refractivity contribution in [3.63, 3.8) is 0 Å². The Morgan fingerprint density at radius 2 is 1.86 bits per heavy atom. The number of fused-ring (bicyclic) bond motifs is 1. The summed E-state index contributed by atoms with van der Waals surface area (Å²) >= 11 is 0. The molecule has 0 radical (unpaired) electrons. The molecule has 3 aromatic rings. The molecule has 0 aliphatic carbocycles. The fourth-order valence-electron chi connectivity index (χ4n) is 4.41. The lowest BCUT2D eigenvalue weighted by molar-refractivity contribution is -0.136. The molecule has 4 rings (SSSR count). The number of para-hydroxylation sites is 1. The van der Waals surface area contributed by atoms with E-state index < -0.39 is 23.8 Å². The predicted octanol–water partition coefficient (Wildman–Crippen LogP) is 2.22. The van der Waals surface area contributed by atoms with Crippen LogP contribution in [-0.4, -0.2) is 65.2 Å². The molecule has 2 aromatic carbocycles. The second-order valence-electron chi connectivity index (χ2n) is 8.85. The van der Waals surface area contributed by atoms with E-state index in [9.17, 15) is 14.4 Å². The zero-order chi connectivity index (χ0) is 26.4. The molecule has 10 nitrogen and oxygen atoms in total. The van der Waals surface area contributed by atoms with E-state index in [-0.39, 0.29) is 25.6 Å². The smallest absolute Gasteiger partial charge is 0.251 e. The molecule has 1 fully saturated rings. The number of aryl methyl sites for hydroxylation is 1. The fraction of sp³-hybridized carbons (Fsp3) is 0.333. The molecule has 37 heavy (non-hydrogen) atoms. The van der Waals surface area contributed by atoms with Gasteiger partial charge in [0.1, 0.15) is 19.0 Å². The van der Waals surface area contributed by atoms with Crippen LogP contribution in [0.1, 0.15) is 28.5 Å². The number of nitrogens with one attached hydrogen (secondary N) is 2. The summed E-state index contributed by atoms with van der Waals surface area (Å²) in [6.07, 6.45) is 0. The maximum absolute atomic E-state index is 12.9. The Labute approximate surface area is 214 Å². The molecular weight excluding hydrogens is 476 g/mol. The van der Waals surface area contributed by atoms with E-state index in [1.165, 1.54) is 4.90 Å². The minimum absolute atomic E-state index is 0.0686. The van der Waals surface area contributed by atoms with Gasteiger partial charge in [0.2, 0.25) is 11.8 Å². The number of ether oxygens (including phenoxy) is 2. The first-order valence-electron chi connectivity index (χ1n) is 12.1. The molecule has 0 saturated carbocycles. The lowest BCUT2D eigenvalue weighted by Gasteiger charge is -2.18. The number of nitrogens with zero attached hydrogens (tertiary/aromatic N) is 2. The van der Waals surface area contributed by atoms with Crippen molar-refractivity contribution < 1.29 is 29.1 Å². The second kappa shape index (κ2) is 11.8. The molecular formula is C27H30N4O6. The summed E-state index contributed by atoms with van der Waals surface area (Å²) < 4.78 is 11.1. The van der Waals surface area contributed by atoms with E-state index >= 15 is 0 Å². The Hall–Kier alpha value is -4.02. The average Bonchev–Trinajstić information content (AvgIpc) is 3.33. The van der Waals surface area contributed by atoms with Crippen LogP contribution in [-0.2, 0) is 20.9 Å². The SMILES string of the molecule is CCOCC(=O)N1C[C@H](C(=O)NO)[C@H](NC(=O)c2ccc(OCc3cc(C)nc4ccccc34)cc2)C1. The molecule has 194 valence electrons. The van der Waals surface area contributed by atoms with Crippen molar-refractivity contribution in [2.75, 3.05) is 26.3 Å². The van der Waals surface area contributed by atoms with Gasteiger partial charge in [0, 0.05) is 41.9 Å². The number of hydrogen-bond acceptors (Lipinski definition) is 7. The van der Waals surface area contributed by atoms with Crippen LogP contribution in [0.25, 0.3) is 10.9 Å². The summed E-state index contributed by atoms with van der Waals surface area (Å²) in [6, 6.07) is 15.9. The minimum Gasteiger partial charge on any atom is -0.489 e. The fourth-order valence-corrected chi connectivity index (χ4v) is 4.41. The van der Waals surface area contributed by atoms with E-state index in [0.717, 1.165) is 22.2 Å². The Balaban J connectivity index is 1.39. The van der Waals surface area contributed by atoms with Gasteiger partial charge in [0.25, 0.3) is 5.91 Å². The van der Waals surface area contributed by atoms with Crippen LogP contribution in [0.4, 0.5) is 0 Å². The lowest BCUT2D eigenvalue weighted by atomic mass is 10.0. The van der Waals surface area contributed by atoms with Gasteiger partial charge >= 0.3 is 0 Å². The molecule has 3 amide bonds. The molecule has 2 atom stereocenters. The molecule has 3 N–H and O–H groups in total. The van der Waals surface area contributed by atoms with Crippen molar-refractivity contribution in [3.05, 3.63) is 71.4 Å². The highest BCUT2D eigenvalue weighted by Gasteiger charge is 2.40. The molecule has 1 aromatic heterocycles. The standard InChI is InChI=1S/C27H30N4O6/c1-3-36-16-25(32)31-13-22(27(34)30-35)24(14-31)29-26(33)18-8-10-20(11-9-18)37-15-19-12-17(2)28-23-7-5-4-6-21(19)23/h4-12,22,24,35H,3,13-16H2,1-2H3,(H,29,33)(H,30,34)/t22-,24+/m0/s1. The quantitative estimate of drug-likeness (QED) is 0.300. The predicted molar refractivity (Wildman–Crippen MR) is 135 cm³/mol. The number of aromatic nitrogens is 1. The van der Waals surface area contributed by atoms with Crippen molar-refractivity contribution in [3.8, 4) is 5.75 Å². The molecule has 0 bridgehead atoms. The van der Waals surface area contributed by atoms with Gasteiger partial charge in [-0.25, -0.2) is 5.48 Å². The first-order valence-corrected chi connectivity index (χ1v) is 12.1. The molecule has 1 aliphatic rings. The summed E-state index contributed by atoms with van der Waals surface area (Å²) in [6.45, 7) is 4.55. The van der Waals surface area contributed by atoms with Crippen LogP contribution in [0.2, 0.25) is 0 Å². The van der Waals surface area contributed by atoms with E-state index in [0.29, 0.717) is 24.5 Å². The van der Waals surface area contributed by atoms with Crippen LogP contribution in [0.5, 0.6) is 5.75 Å². The summed E-state index contributed by atoms with van der Waals surface area (Å²) in [4.78, 5) is 43.4. The number of carbonyl (C=O) groups excluding carboxylic acids is 3. The Morgan fingerprint density at radius 3 is 2.59 bits per heavy atom. The third kappa shape index (κ3) is 6.22. The van der Waals surface area contributed by atoms with Gasteiger partial charge in [-0.15, -0.1) is 0 Å². The van der Waals surface area contributed by atoms with E-state index in [2.05, 4.69) is 10.3 Å². The highest BCUT2D eigenvalue weighted by molar-refractivity contribution is 5.95. The minimum atomic E-state index is -0.791. The summed E-state index contributed by atoms with van der Waals surface area (Å²) in [5.41, 5.74) is 4.83. The second-order valence-corrected chi connectivity index (χ2v) is 8.85. The van der Waals surface area contributed by atoms with Gasteiger partial charge < -0.3 is 19.7 Å². The van der Waals surface area contributed by atoms with Crippen molar-refractivity contribution >= 4 is 28.6 Å². The third-order valence-electron chi connectivity index (χ3n) is 6.31. The largest absolute Gasteiger partial charge is 0.489 e. The first-order chi connectivity index (χ1) is 17.9. The number of hydrogen-bond donors (Lipinski definition) is 3. The maximum Gasteiger partial charge on any atom is 0.251 e. The summed E-state index contributed by atoms with van der Waals surface area (Å²) in [7, 11) is 0. The number of benzene rings is 2. The molecule has 1 saturated heterocycles. The van der Waals surface area contributed by atoms with Crippen LogP contribution in [0.3, 0.4) is 0 Å². The van der Waals surface area contributed by atoms with Crippen LogP contribution in [0.15, 0.2) is 54.6 Å². The Kier molecular flexibility index (Phi) is 8.32. The molecule has 1 aliphatic heterocycles. The lowest BCUT2D eigenvalue weighted by Crippen LogP contribution is -2.45. The number of hydroxylamine groups is 1. The Bertz CT molecular complexity index is 1280. The summed E-state index contributed by atoms with van der Waals surface area (Å²) in [5.74, 6) is -1.54. The normalized spacial score (nSPS) is 17.0. The van der Waals surface area contributed by atoms with Gasteiger partial charge in [-0.05, 0) is 50.2 Å². The van der Waals surface area contributed by atoms with Crippen molar-refractivity contribution in [1.29, 1.82) is 0 Å². The van der Waals surface area contributed by atoms with Crippen LogP contribution in [0, 0.1) is 12.8 Å². The molecule has 2 heterocycles. The average molecular weight is 507 g/mol. The van der Waals surface area contributed by atoms with Crippen molar-refractivity contribution in [2.24, 2.45) is 5.92 Å². The number of amides is 3. The number of pyridine rings is 1. The number of rotatable bonds is 9. The number of likely N-dealkylation sites (tertiary alicyclic amines) is 1. The van der Waals surface area contributed by atoms with Gasteiger partial charge in [-0.1, -0.05) is 18.2 Å². The first kappa shape index (κ1) is 26.1. The maximum atomic E-state index is 12.9. The Morgan fingerprint density at radius 1 is 1.11 bits per heavy atom. The van der Waals surface area contributed by atoms with Crippen molar-refractivity contribution in [1.82, 2.24) is 20.7 Å². The molecule has 0 unspecified atom stereocenters. The van der Waals surface area contributed by atoms with Gasteiger partial charge in [-0.3, -0.25) is 24.6 Å². The zero-order valence-corrected chi connectivity index (χ0v) is 20.8.